The van der Waals surface area contributed by atoms with E-state index in [1.807, 2.05) is 18.5 Å². The third kappa shape index (κ3) is 5.86. The van der Waals surface area contributed by atoms with Crippen molar-refractivity contribution in [2.45, 2.75) is 52.1 Å². The van der Waals surface area contributed by atoms with Gasteiger partial charge in [0.15, 0.2) is 0 Å². The third-order valence-electron chi connectivity index (χ3n) is 2.70. The first kappa shape index (κ1) is 13.2. The van der Waals surface area contributed by atoms with Gasteiger partial charge in [0.2, 0.25) is 0 Å². The van der Waals surface area contributed by atoms with E-state index in [9.17, 15) is 0 Å². The van der Waals surface area contributed by atoms with Crippen LogP contribution < -0.4 is 0 Å². The van der Waals surface area contributed by atoms with Crippen LogP contribution in [0.5, 0.6) is 0 Å². The van der Waals surface area contributed by atoms with Gasteiger partial charge in [-0.1, -0.05) is 25.8 Å². The van der Waals surface area contributed by atoms with Gasteiger partial charge in [-0.05, 0) is 37.8 Å². The van der Waals surface area contributed by atoms with Crippen molar-refractivity contribution in [1.29, 1.82) is 0 Å². The second-order valence-electron chi connectivity index (χ2n) is 4.29. The average molecular weight is 221 g/mol. The Labute approximate surface area is 99.0 Å². The van der Waals surface area contributed by atoms with Gasteiger partial charge < -0.3 is 4.74 Å². The molecule has 16 heavy (non-hydrogen) atoms. The van der Waals surface area contributed by atoms with E-state index >= 15 is 0 Å². The lowest BCUT2D eigenvalue weighted by Gasteiger charge is -2.12. The van der Waals surface area contributed by atoms with Crippen LogP contribution in [-0.2, 0) is 11.2 Å². The zero-order valence-corrected chi connectivity index (χ0v) is 10.5. The van der Waals surface area contributed by atoms with Crippen molar-refractivity contribution < 1.29 is 4.74 Å². The maximum absolute atomic E-state index is 5.75. The first-order chi connectivity index (χ1) is 7.83. The Morgan fingerprint density at radius 2 is 2.25 bits per heavy atom. The highest BCUT2D eigenvalue weighted by molar-refractivity contribution is 5.08. The Kier molecular flexibility index (Phi) is 6.82. The summed E-state index contributed by atoms with van der Waals surface area (Å²) in [5.74, 6) is 0. The number of unbranched alkanes of at least 4 members (excludes halogenated alkanes) is 1. The van der Waals surface area contributed by atoms with Gasteiger partial charge in [-0.2, -0.15) is 0 Å². The van der Waals surface area contributed by atoms with E-state index < -0.39 is 0 Å². The van der Waals surface area contributed by atoms with Crippen molar-refractivity contribution in [1.82, 2.24) is 4.98 Å². The van der Waals surface area contributed by atoms with E-state index in [4.69, 9.17) is 4.74 Å². The van der Waals surface area contributed by atoms with Crippen LogP contribution in [0.25, 0.3) is 0 Å². The number of rotatable bonds is 8. The van der Waals surface area contributed by atoms with E-state index in [1.165, 1.54) is 24.8 Å². The monoisotopic (exact) mass is 221 g/mol. The summed E-state index contributed by atoms with van der Waals surface area (Å²) in [6.07, 6.45) is 10.0. The van der Waals surface area contributed by atoms with E-state index in [1.54, 1.807) is 0 Å². The van der Waals surface area contributed by atoms with Gasteiger partial charge in [-0.25, -0.2) is 0 Å². The maximum Gasteiger partial charge on any atom is 0.0547 e. The van der Waals surface area contributed by atoms with Crippen LogP contribution in [0, 0.1) is 0 Å². The van der Waals surface area contributed by atoms with Crippen molar-refractivity contribution in [3.63, 3.8) is 0 Å². The predicted octanol–water partition coefficient (Wildman–Crippen LogP) is 3.61. The summed E-state index contributed by atoms with van der Waals surface area (Å²) in [6, 6.07) is 4.10. The highest BCUT2D eigenvalue weighted by atomic mass is 16.5. The zero-order valence-electron chi connectivity index (χ0n) is 10.5. The van der Waals surface area contributed by atoms with Gasteiger partial charge in [0.05, 0.1) is 6.10 Å². The molecule has 0 N–H and O–H groups in total. The lowest BCUT2D eigenvalue weighted by Crippen LogP contribution is -2.09. The standard InChI is InChI=1S/C14H23NO/c1-3-4-7-13(2)16-11-6-9-14-8-5-10-15-12-14/h5,8,10,12-13H,3-4,6-7,9,11H2,1-2H3. The minimum atomic E-state index is 0.411. The largest absolute Gasteiger partial charge is 0.378 e. The molecule has 0 radical (unpaired) electrons. The van der Waals surface area contributed by atoms with Crippen molar-refractivity contribution in [3.8, 4) is 0 Å². The highest BCUT2D eigenvalue weighted by Crippen LogP contribution is 2.06. The quantitative estimate of drug-likeness (QED) is 0.626. The molecule has 1 rings (SSSR count). The van der Waals surface area contributed by atoms with Crippen molar-refractivity contribution in [2.75, 3.05) is 6.61 Å². The molecular weight excluding hydrogens is 198 g/mol. The van der Waals surface area contributed by atoms with Crippen LogP contribution in [0.2, 0.25) is 0 Å². The van der Waals surface area contributed by atoms with Gasteiger partial charge >= 0.3 is 0 Å². The molecule has 0 aliphatic heterocycles. The molecule has 0 aliphatic carbocycles. The number of aryl methyl sites for hydroxylation is 1. The maximum atomic E-state index is 5.75. The summed E-state index contributed by atoms with van der Waals surface area (Å²) < 4.78 is 5.75. The van der Waals surface area contributed by atoms with Crippen LogP contribution in [0.1, 0.15) is 45.1 Å². The van der Waals surface area contributed by atoms with Crippen molar-refractivity contribution in [2.24, 2.45) is 0 Å². The summed E-state index contributed by atoms with van der Waals surface area (Å²) >= 11 is 0. The Bertz CT molecular complexity index is 261. The number of hydrogen-bond acceptors (Lipinski definition) is 2. The second kappa shape index (κ2) is 8.28. The Morgan fingerprint density at radius 3 is 2.94 bits per heavy atom. The number of nitrogens with zero attached hydrogens (tertiary/aromatic N) is 1. The molecule has 0 bridgehead atoms. The number of pyridine rings is 1. The molecule has 0 spiro atoms. The SMILES string of the molecule is CCCCC(C)OCCCc1cccnc1. The molecule has 1 unspecified atom stereocenters. The van der Waals surface area contributed by atoms with E-state index in [0.717, 1.165) is 19.4 Å². The molecule has 0 aliphatic rings. The topological polar surface area (TPSA) is 22.1 Å². The summed E-state index contributed by atoms with van der Waals surface area (Å²) in [5, 5.41) is 0. The minimum absolute atomic E-state index is 0.411. The Hall–Kier alpha value is -0.890. The van der Waals surface area contributed by atoms with Crippen molar-refractivity contribution >= 4 is 0 Å². The van der Waals surface area contributed by atoms with Gasteiger partial charge in [0, 0.05) is 19.0 Å². The molecule has 0 saturated carbocycles. The number of ether oxygens (including phenoxy) is 1. The van der Waals surface area contributed by atoms with Gasteiger partial charge in [-0.3, -0.25) is 4.98 Å². The zero-order chi connectivity index (χ0) is 11.6. The fourth-order valence-electron chi connectivity index (χ4n) is 1.68. The van der Waals surface area contributed by atoms with Crippen LogP contribution in [-0.4, -0.2) is 17.7 Å². The summed E-state index contributed by atoms with van der Waals surface area (Å²) in [5.41, 5.74) is 1.30. The lowest BCUT2D eigenvalue weighted by molar-refractivity contribution is 0.0573. The van der Waals surface area contributed by atoms with Crippen LogP contribution in [0.3, 0.4) is 0 Å². The smallest absolute Gasteiger partial charge is 0.0547 e. The summed E-state index contributed by atoms with van der Waals surface area (Å²) in [6.45, 7) is 5.24. The van der Waals surface area contributed by atoms with E-state index in [0.29, 0.717) is 6.10 Å². The van der Waals surface area contributed by atoms with Gasteiger partial charge in [0.1, 0.15) is 0 Å². The van der Waals surface area contributed by atoms with Crippen LogP contribution in [0.4, 0.5) is 0 Å². The molecule has 1 aromatic rings. The first-order valence-corrected chi connectivity index (χ1v) is 6.33. The summed E-state index contributed by atoms with van der Waals surface area (Å²) in [7, 11) is 0. The van der Waals surface area contributed by atoms with Crippen LogP contribution in [0.15, 0.2) is 24.5 Å². The lowest BCUT2D eigenvalue weighted by atomic mass is 10.1. The third-order valence-corrected chi connectivity index (χ3v) is 2.70. The molecular formula is C14H23NO. The van der Waals surface area contributed by atoms with Gasteiger partial charge in [-0.15, -0.1) is 0 Å². The molecule has 0 fully saturated rings. The molecule has 0 amide bonds. The molecule has 1 heterocycles. The van der Waals surface area contributed by atoms with Crippen LogP contribution >= 0.6 is 0 Å². The molecule has 90 valence electrons. The molecule has 2 nitrogen and oxygen atoms in total. The second-order valence-corrected chi connectivity index (χ2v) is 4.29. The Balaban J connectivity index is 2.03. The fraction of sp³-hybridized carbons (Fsp3) is 0.643. The van der Waals surface area contributed by atoms with Crippen molar-refractivity contribution in [3.05, 3.63) is 30.1 Å². The predicted molar refractivity (Wildman–Crippen MR) is 67.5 cm³/mol. The van der Waals surface area contributed by atoms with Gasteiger partial charge in [0.25, 0.3) is 0 Å². The first-order valence-electron chi connectivity index (χ1n) is 6.33. The molecule has 1 aromatic heterocycles. The highest BCUT2D eigenvalue weighted by Gasteiger charge is 2.00. The Morgan fingerprint density at radius 1 is 1.38 bits per heavy atom. The number of aromatic nitrogens is 1. The number of hydrogen-bond donors (Lipinski definition) is 0. The normalized spacial score (nSPS) is 12.6. The fourth-order valence-corrected chi connectivity index (χ4v) is 1.68. The molecule has 0 aromatic carbocycles. The molecule has 1 atom stereocenters. The van der Waals surface area contributed by atoms with E-state index in [-0.39, 0.29) is 0 Å². The summed E-state index contributed by atoms with van der Waals surface area (Å²) in [4.78, 5) is 4.10. The molecule has 2 heteroatoms. The molecule has 0 saturated heterocycles. The average Bonchev–Trinajstić information content (AvgIpc) is 2.33. The van der Waals surface area contributed by atoms with E-state index in [2.05, 4.69) is 24.9 Å². The minimum Gasteiger partial charge on any atom is -0.378 e.